The van der Waals surface area contributed by atoms with Gasteiger partial charge in [0, 0.05) is 7.11 Å². The Morgan fingerprint density at radius 1 is 1.56 bits per heavy atom. The van der Waals surface area contributed by atoms with Crippen molar-refractivity contribution < 1.29 is 4.74 Å². The van der Waals surface area contributed by atoms with Crippen molar-refractivity contribution >= 4 is 0 Å². The van der Waals surface area contributed by atoms with Gasteiger partial charge < -0.3 is 10.1 Å². The van der Waals surface area contributed by atoms with Gasteiger partial charge in [-0.15, -0.1) is 0 Å². The molecule has 0 saturated carbocycles. The van der Waals surface area contributed by atoms with Crippen molar-refractivity contribution in [2.75, 3.05) is 27.3 Å². The van der Waals surface area contributed by atoms with E-state index in [-0.39, 0.29) is 0 Å². The first-order chi connectivity index (χ1) is 4.35. The van der Waals surface area contributed by atoms with Crippen LogP contribution in [0.4, 0.5) is 0 Å². The molecule has 0 amide bonds. The monoisotopic (exact) mass is 131 g/mol. The Morgan fingerprint density at radius 2 is 2.22 bits per heavy atom. The van der Waals surface area contributed by atoms with E-state index in [1.165, 1.54) is 6.42 Å². The first-order valence-electron chi connectivity index (χ1n) is 3.48. The van der Waals surface area contributed by atoms with Crippen molar-refractivity contribution in [3.8, 4) is 0 Å². The molecular formula is C7H17NO. The van der Waals surface area contributed by atoms with Crippen molar-refractivity contribution in [1.29, 1.82) is 0 Å². The van der Waals surface area contributed by atoms with Gasteiger partial charge in [0.15, 0.2) is 0 Å². The van der Waals surface area contributed by atoms with Crippen LogP contribution < -0.4 is 5.32 Å². The second kappa shape index (κ2) is 6.05. The highest BCUT2D eigenvalue weighted by atomic mass is 16.5. The largest absolute Gasteiger partial charge is 0.384 e. The summed E-state index contributed by atoms with van der Waals surface area (Å²) in [5, 5.41) is 3.12. The highest BCUT2D eigenvalue weighted by Crippen LogP contribution is 1.99. The molecule has 0 bridgehead atoms. The summed E-state index contributed by atoms with van der Waals surface area (Å²) in [5.41, 5.74) is 0. The van der Waals surface area contributed by atoms with Crippen LogP contribution in [0.15, 0.2) is 0 Å². The van der Waals surface area contributed by atoms with Crippen LogP contribution in [-0.4, -0.2) is 27.3 Å². The fourth-order valence-corrected chi connectivity index (χ4v) is 0.845. The van der Waals surface area contributed by atoms with Crippen molar-refractivity contribution in [1.82, 2.24) is 5.32 Å². The molecule has 0 spiro atoms. The third-order valence-electron chi connectivity index (χ3n) is 1.47. The number of hydrogen-bond acceptors (Lipinski definition) is 2. The van der Waals surface area contributed by atoms with E-state index in [1.807, 2.05) is 7.05 Å². The summed E-state index contributed by atoms with van der Waals surface area (Å²) in [6.07, 6.45) is 1.19. The minimum absolute atomic E-state index is 0.681. The smallest absolute Gasteiger partial charge is 0.0502 e. The minimum atomic E-state index is 0.681. The SMILES string of the molecule is CCC(CNC)COC. The molecule has 0 aromatic rings. The third kappa shape index (κ3) is 4.43. The Bertz CT molecular complexity index is 50.9. The lowest BCUT2D eigenvalue weighted by Gasteiger charge is -2.11. The van der Waals surface area contributed by atoms with Gasteiger partial charge in [0.05, 0.1) is 6.61 Å². The van der Waals surface area contributed by atoms with Gasteiger partial charge in [0.25, 0.3) is 0 Å². The zero-order valence-electron chi connectivity index (χ0n) is 6.61. The molecule has 2 heteroatoms. The summed E-state index contributed by atoms with van der Waals surface area (Å²) < 4.78 is 5.01. The average molecular weight is 131 g/mol. The lowest BCUT2D eigenvalue weighted by molar-refractivity contribution is 0.150. The fourth-order valence-electron chi connectivity index (χ4n) is 0.845. The Kier molecular flexibility index (Phi) is 5.99. The van der Waals surface area contributed by atoms with Gasteiger partial charge in [-0.05, 0) is 25.9 Å². The highest BCUT2D eigenvalue weighted by molar-refractivity contribution is 4.56. The Morgan fingerprint density at radius 3 is 2.56 bits per heavy atom. The molecular weight excluding hydrogens is 114 g/mol. The van der Waals surface area contributed by atoms with Crippen molar-refractivity contribution in [3.05, 3.63) is 0 Å². The van der Waals surface area contributed by atoms with E-state index in [9.17, 15) is 0 Å². The predicted octanol–water partition coefficient (Wildman–Crippen LogP) is 0.878. The maximum Gasteiger partial charge on any atom is 0.0502 e. The fraction of sp³-hybridized carbons (Fsp3) is 1.00. The first kappa shape index (κ1) is 8.92. The van der Waals surface area contributed by atoms with Gasteiger partial charge in [-0.25, -0.2) is 0 Å². The number of methoxy groups -OCH3 is 1. The second-order valence-electron chi connectivity index (χ2n) is 2.29. The lowest BCUT2D eigenvalue weighted by Crippen LogP contribution is -2.21. The molecule has 1 unspecified atom stereocenters. The summed E-state index contributed by atoms with van der Waals surface area (Å²) in [4.78, 5) is 0. The van der Waals surface area contributed by atoms with Gasteiger partial charge >= 0.3 is 0 Å². The van der Waals surface area contributed by atoms with Crippen molar-refractivity contribution in [2.24, 2.45) is 5.92 Å². The van der Waals surface area contributed by atoms with E-state index in [1.54, 1.807) is 7.11 Å². The standard InChI is InChI=1S/C7H17NO/c1-4-7(5-8-2)6-9-3/h7-8H,4-6H2,1-3H3. The zero-order valence-corrected chi connectivity index (χ0v) is 6.61. The molecule has 1 atom stereocenters. The van der Waals surface area contributed by atoms with Crippen LogP contribution in [-0.2, 0) is 4.74 Å². The Labute approximate surface area is 57.6 Å². The summed E-state index contributed by atoms with van der Waals surface area (Å²) in [7, 11) is 3.72. The molecule has 0 radical (unpaired) electrons. The predicted molar refractivity (Wildman–Crippen MR) is 39.6 cm³/mol. The van der Waals surface area contributed by atoms with Gasteiger partial charge in [0.2, 0.25) is 0 Å². The van der Waals surface area contributed by atoms with E-state index in [4.69, 9.17) is 4.74 Å². The number of ether oxygens (including phenoxy) is 1. The molecule has 0 aromatic heterocycles. The molecule has 0 aliphatic rings. The number of rotatable bonds is 5. The van der Waals surface area contributed by atoms with E-state index in [2.05, 4.69) is 12.2 Å². The van der Waals surface area contributed by atoms with Crippen LogP contribution in [0.3, 0.4) is 0 Å². The van der Waals surface area contributed by atoms with Gasteiger partial charge in [0.1, 0.15) is 0 Å². The average Bonchev–Trinajstić information content (AvgIpc) is 1.88. The van der Waals surface area contributed by atoms with E-state index >= 15 is 0 Å². The second-order valence-corrected chi connectivity index (χ2v) is 2.29. The summed E-state index contributed by atoms with van der Waals surface area (Å²) in [6.45, 7) is 4.11. The van der Waals surface area contributed by atoms with Crippen LogP contribution >= 0.6 is 0 Å². The van der Waals surface area contributed by atoms with Crippen LogP contribution in [0.2, 0.25) is 0 Å². The van der Waals surface area contributed by atoms with E-state index in [0.717, 1.165) is 13.2 Å². The third-order valence-corrected chi connectivity index (χ3v) is 1.47. The maximum absolute atomic E-state index is 5.01. The van der Waals surface area contributed by atoms with Crippen LogP contribution in [0.25, 0.3) is 0 Å². The van der Waals surface area contributed by atoms with E-state index < -0.39 is 0 Å². The number of nitrogens with one attached hydrogen (secondary N) is 1. The van der Waals surface area contributed by atoms with Crippen molar-refractivity contribution in [3.63, 3.8) is 0 Å². The molecule has 0 rings (SSSR count). The molecule has 0 heterocycles. The van der Waals surface area contributed by atoms with Crippen molar-refractivity contribution in [2.45, 2.75) is 13.3 Å². The highest BCUT2D eigenvalue weighted by Gasteiger charge is 2.01. The molecule has 0 aromatic carbocycles. The molecule has 1 N–H and O–H groups in total. The molecule has 56 valence electrons. The zero-order chi connectivity index (χ0) is 7.11. The van der Waals surface area contributed by atoms with Crippen LogP contribution in [0, 0.1) is 5.92 Å². The van der Waals surface area contributed by atoms with E-state index in [0.29, 0.717) is 5.92 Å². The molecule has 0 aliphatic heterocycles. The maximum atomic E-state index is 5.01. The van der Waals surface area contributed by atoms with Crippen LogP contribution in [0.1, 0.15) is 13.3 Å². The molecule has 0 saturated heterocycles. The van der Waals surface area contributed by atoms with Gasteiger partial charge in [-0.3, -0.25) is 0 Å². The van der Waals surface area contributed by atoms with Crippen LogP contribution in [0.5, 0.6) is 0 Å². The minimum Gasteiger partial charge on any atom is -0.384 e. The quantitative estimate of drug-likeness (QED) is 0.598. The van der Waals surface area contributed by atoms with Gasteiger partial charge in [-0.1, -0.05) is 6.92 Å². The summed E-state index contributed by atoms with van der Waals surface area (Å²) in [5.74, 6) is 0.681. The molecule has 9 heavy (non-hydrogen) atoms. The number of hydrogen-bond donors (Lipinski definition) is 1. The Balaban J connectivity index is 3.18. The molecule has 2 nitrogen and oxygen atoms in total. The van der Waals surface area contributed by atoms with Gasteiger partial charge in [-0.2, -0.15) is 0 Å². The topological polar surface area (TPSA) is 21.3 Å². The lowest BCUT2D eigenvalue weighted by atomic mass is 10.1. The summed E-state index contributed by atoms with van der Waals surface area (Å²) in [6, 6.07) is 0. The molecule has 0 fully saturated rings. The Hall–Kier alpha value is -0.0800. The summed E-state index contributed by atoms with van der Waals surface area (Å²) >= 11 is 0. The first-order valence-corrected chi connectivity index (χ1v) is 3.48. The molecule has 0 aliphatic carbocycles. The normalized spacial score (nSPS) is 13.7.